The number of hydrogen-bond donors (Lipinski definition) is 0. The summed E-state index contributed by atoms with van der Waals surface area (Å²) in [5, 5.41) is 13.5. The summed E-state index contributed by atoms with van der Waals surface area (Å²) < 4.78 is 7.04. The van der Waals surface area contributed by atoms with Gasteiger partial charge in [-0.05, 0) is 26.7 Å². The van der Waals surface area contributed by atoms with Crippen LogP contribution in [0.1, 0.15) is 49.9 Å². The van der Waals surface area contributed by atoms with E-state index in [0.29, 0.717) is 6.61 Å². The fourth-order valence-corrected chi connectivity index (χ4v) is 3.96. The molecule has 1 fully saturated rings. The maximum Gasteiger partial charge on any atom is 0.319 e. The molecule has 2 aromatic rings. The highest BCUT2D eigenvalue weighted by Gasteiger charge is 2.45. The van der Waals surface area contributed by atoms with E-state index in [1.54, 1.807) is 4.52 Å². The molecule has 0 spiro atoms. The highest BCUT2D eigenvalue weighted by atomic mass is 32.1. The zero-order valence-corrected chi connectivity index (χ0v) is 12.6. The van der Waals surface area contributed by atoms with Gasteiger partial charge in [-0.3, -0.25) is 4.79 Å². The summed E-state index contributed by atoms with van der Waals surface area (Å²) in [5.74, 6) is 0.611. The first kappa shape index (κ1) is 13.5. The third kappa shape index (κ3) is 2.00. The van der Waals surface area contributed by atoms with Crippen LogP contribution >= 0.6 is 11.3 Å². The molecular formula is C13H18N4O2S. The second kappa shape index (κ2) is 5.12. The van der Waals surface area contributed by atoms with E-state index in [2.05, 4.69) is 15.3 Å². The predicted octanol–water partition coefficient (Wildman–Crippen LogP) is 2.26. The van der Waals surface area contributed by atoms with Crippen LogP contribution in [0.2, 0.25) is 0 Å². The zero-order chi connectivity index (χ0) is 14.2. The molecule has 0 atom stereocenters. The zero-order valence-electron chi connectivity index (χ0n) is 11.8. The summed E-state index contributed by atoms with van der Waals surface area (Å²) in [5.41, 5.74) is -0.577. The first-order chi connectivity index (χ1) is 9.67. The molecule has 6 nitrogen and oxygen atoms in total. The van der Waals surface area contributed by atoms with Crippen LogP contribution in [-0.4, -0.2) is 32.4 Å². The minimum absolute atomic E-state index is 0.137. The van der Waals surface area contributed by atoms with E-state index < -0.39 is 5.41 Å². The molecule has 20 heavy (non-hydrogen) atoms. The SMILES string of the molecule is CCOC(=O)C1(c2nn3c(C)nnc3s2)CCCCC1. The van der Waals surface area contributed by atoms with Crippen LogP contribution in [-0.2, 0) is 14.9 Å². The number of carbonyl (C=O) groups excluding carboxylic acids is 1. The lowest BCUT2D eigenvalue weighted by molar-refractivity contribution is -0.151. The van der Waals surface area contributed by atoms with Gasteiger partial charge >= 0.3 is 5.97 Å². The number of rotatable bonds is 3. The topological polar surface area (TPSA) is 69.4 Å². The van der Waals surface area contributed by atoms with Crippen molar-refractivity contribution in [2.24, 2.45) is 0 Å². The average molecular weight is 294 g/mol. The third-order valence-electron chi connectivity index (χ3n) is 3.93. The Labute approximate surface area is 121 Å². The van der Waals surface area contributed by atoms with E-state index in [1.165, 1.54) is 17.8 Å². The fourth-order valence-electron chi connectivity index (χ4n) is 2.84. The molecule has 0 radical (unpaired) electrons. The molecule has 2 heterocycles. The standard InChI is InChI=1S/C13H18N4O2S/c1-3-19-11(18)13(7-5-4-6-8-13)10-16-17-9(2)14-15-12(17)20-10/h3-8H2,1-2H3. The lowest BCUT2D eigenvalue weighted by Gasteiger charge is -2.32. The summed E-state index contributed by atoms with van der Waals surface area (Å²) in [7, 11) is 0. The van der Waals surface area contributed by atoms with Crippen molar-refractivity contribution in [3.05, 3.63) is 10.8 Å². The van der Waals surface area contributed by atoms with Crippen molar-refractivity contribution < 1.29 is 9.53 Å². The van der Waals surface area contributed by atoms with Gasteiger partial charge in [0.25, 0.3) is 0 Å². The number of esters is 1. The van der Waals surface area contributed by atoms with Crippen molar-refractivity contribution in [3.8, 4) is 0 Å². The molecule has 1 aliphatic carbocycles. The van der Waals surface area contributed by atoms with Crippen molar-refractivity contribution in [2.45, 2.75) is 51.4 Å². The molecule has 3 rings (SSSR count). The van der Waals surface area contributed by atoms with Gasteiger partial charge in [-0.15, -0.1) is 10.2 Å². The van der Waals surface area contributed by atoms with Crippen LogP contribution in [0.25, 0.3) is 4.96 Å². The van der Waals surface area contributed by atoms with Gasteiger partial charge in [-0.25, -0.2) is 0 Å². The van der Waals surface area contributed by atoms with Crippen LogP contribution in [0.3, 0.4) is 0 Å². The second-order valence-corrected chi connectivity index (χ2v) is 6.17. The Morgan fingerprint density at radius 1 is 1.35 bits per heavy atom. The van der Waals surface area contributed by atoms with E-state index in [4.69, 9.17) is 4.74 Å². The van der Waals surface area contributed by atoms with Crippen molar-refractivity contribution in [1.29, 1.82) is 0 Å². The summed E-state index contributed by atoms with van der Waals surface area (Å²) in [6.07, 6.45) is 4.88. The smallest absolute Gasteiger partial charge is 0.319 e. The highest BCUT2D eigenvalue weighted by molar-refractivity contribution is 7.16. The third-order valence-corrected chi connectivity index (χ3v) is 5.03. The Kier molecular flexibility index (Phi) is 3.45. The maximum absolute atomic E-state index is 12.5. The van der Waals surface area contributed by atoms with Gasteiger partial charge in [0.2, 0.25) is 4.96 Å². The van der Waals surface area contributed by atoms with Crippen LogP contribution in [0.4, 0.5) is 0 Å². The molecule has 0 aromatic carbocycles. The quantitative estimate of drug-likeness (QED) is 0.812. The number of hydrogen-bond acceptors (Lipinski definition) is 6. The molecule has 0 N–H and O–H groups in total. The van der Waals surface area contributed by atoms with Crippen molar-refractivity contribution in [2.75, 3.05) is 6.61 Å². The summed E-state index contributed by atoms with van der Waals surface area (Å²) in [6, 6.07) is 0. The van der Waals surface area contributed by atoms with Gasteiger partial charge < -0.3 is 4.74 Å². The minimum atomic E-state index is -0.577. The Morgan fingerprint density at radius 2 is 2.10 bits per heavy atom. The number of ether oxygens (including phenoxy) is 1. The van der Waals surface area contributed by atoms with Crippen LogP contribution in [0, 0.1) is 6.92 Å². The Morgan fingerprint density at radius 3 is 2.75 bits per heavy atom. The molecule has 0 saturated heterocycles. The number of aromatic nitrogens is 4. The molecule has 2 aromatic heterocycles. The van der Waals surface area contributed by atoms with Crippen molar-refractivity contribution in [3.63, 3.8) is 0 Å². The molecule has 0 aliphatic heterocycles. The van der Waals surface area contributed by atoms with Gasteiger partial charge in [0.1, 0.15) is 10.4 Å². The minimum Gasteiger partial charge on any atom is -0.465 e. The largest absolute Gasteiger partial charge is 0.465 e. The Bertz CT molecular complexity index is 627. The van der Waals surface area contributed by atoms with Crippen LogP contribution in [0.5, 0.6) is 0 Å². The summed E-state index contributed by atoms with van der Waals surface area (Å²) in [6.45, 7) is 4.11. The lowest BCUT2D eigenvalue weighted by atomic mass is 9.74. The number of carbonyl (C=O) groups is 1. The van der Waals surface area contributed by atoms with Crippen molar-refractivity contribution in [1.82, 2.24) is 19.8 Å². The average Bonchev–Trinajstić information content (AvgIpc) is 3.03. The molecule has 0 unspecified atom stereocenters. The molecule has 1 aliphatic rings. The van der Waals surface area contributed by atoms with Crippen LogP contribution in [0.15, 0.2) is 0 Å². The van der Waals surface area contributed by atoms with E-state index in [1.807, 2.05) is 13.8 Å². The fraction of sp³-hybridized carbons (Fsp3) is 0.692. The first-order valence-electron chi connectivity index (χ1n) is 7.04. The maximum atomic E-state index is 12.5. The monoisotopic (exact) mass is 294 g/mol. The predicted molar refractivity (Wildman–Crippen MR) is 74.8 cm³/mol. The highest BCUT2D eigenvalue weighted by Crippen LogP contribution is 2.42. The Balaban J connectivity index is 2.05. The van der Waals surface area contributed by atoms with E-state index in [0.717, 1.165) is 41.5 Å². The van der Waals surface area contributed by atoms with Gasteiger partial charge in [0, 0.05) is 0 Å². The summed E-state index contributed by atoms with van der Waals surface area (Å²) in [4.78, 5) is 13.2. The first-order valence-corrected chi connectivity index (χ1v) is 7.85. The molecule has 7 heteroatoms. The molecule has 108 valence electrons. The van der Waals surface area contributed by atoms with E-state index in [9.17, 15) is 4.79 Å². The normalized spacial score (nSPS) is 18.3. The molecular weight excluding hydrogens is 276 g/mol. The molecule has 1 saturated carbocycles. The lowest BCUT2D eigenvalue weighted by Crippen LogP contribution is -2.39. The number of fused-ring (bicyclic) bond motifs is 1. The van der Waals surface area contributed by atoms with Gasteiger partial charge in [-0.2, -0.15) is 9.61 Å². The number of nitrogens with zero attached hydrogens (tertiary/aromatic N) is 4. The molecule has 0 bridgehead atoms. The van der Waals surface area contributed by atoms with Gasteiger partial charge in [-0.1, -0.05) is 30.6 Å². The second-order valence-electron chi connectivity index (χ2n) is 5.21. The Hall–Kier alpha value is -1.50. The van der Waals surface area contributed by atoms with Crippen molar-refractivity contribution >= 4 is 22.3 Å². The number of aryl methyl sites for hydroxylation is 1. The van der Waals surface area contributed by atoms with Crippen LogP contribution < -0.4 is 0 Å². The van der Waals surface area contributed by atoms with Gasteiger partial charge in [0.15, 0.2) is 5.82 Å². The van der Waals surface area contributed by atoms with E-state index in [-0.39, 0.29) is 5.97 Å². The van der Waals surface area contributed by atoms with E-state index >= 15 is 0 Å². The summed E-state index contributed by atoms with van der Waals surface area (Å²) >= 11 is 1.46. The van der Waals surface area contributed by atoms with Gasteiger partial charge in [0.05, 0.1) is 6.61 Å². The molecule has 0 amide bonds.